The van der Waals surface area contributed by atoms with Gasteiger partial charge in [-0.1, -0.05) is 0 Å². The molecule has 0 amide bonds. The molecule has 0 fully saturated rings. The minimum atomic E-state index is -4.67. The maximum absolute atomic E-state index is 8.74. The molecule has 6 heteroatoms. The first-order valence-electron chi connectivity index (χ1n) is 2.11. The molecule has 0 aromatic heterocycles. The van der Waals surface area contributed by atoms with E-state index in [-0.39, 0.29) is 6.10 Å². The number of hydrogen-bond donors (Lipinski definition) is 3. The van der Waals surface area contributed by atoms with Gasteiger partial charge in [0.15, 0.2) is 0 Å². The van der Waals surface area contributed by atoms with Crippen molar-refractivity contribution in [1.29, 1.82) is 0 Å². The van der Waals surface area contributed by atoms with E-state index in [0.717, 1.165) is 0 Å². The van der Waals surface area contributed by atoms with Crippen molar-refractivity contribution in [2.45, 2.75) is 20.0 Å². The van der Waals surface area contributed by atoms with Gasteiger partial charge in [0, 0.05) is 6.10 Å². The number of hydrogen-bond acceptors (Lipinski definition) is 3. The molecular formula is C3H10O5S. The van der Waals surface area contributed by atoms with Crippen molar-refractivity contribution in [3.05, 3.63) is 0 Å². The molecule has 0 aromatic carbocycles. The second-order valence-electron chi connectivity index (χ2n) is 1.54. The van der Waals surface area contributed by atoms with E-state index in [2.05, 4.69) is 0 Å². The van der Waals surface area contributed by atoms with Gasteiger partial charge in [0.25, 0.3) is 0 Å². The molecule has 0 heterocycles. The predicted octanol–water partition coefficient (Wildman–Crippen LogP) is -0.266. The van der Waals surface area contributed by atoms with Crippen molar-refractivity contribution in [3.8, 4) is 0 Å². The van der Waals surface area contributed by atoms with Gasteiger partial charge < -0.3 is 5.11 Å². The molecule has 0 aromatic rings. The zero-order valence-electron chi connectivity index (χ0n) is 5.14. The molecule has 0 unspecified atom stereocenters. The standard InChI is InChI=1S/C3H8O.H2O4S/c1-3(2)4;1-5(2,3)4/h3-4H,1-2H3;(H2,1,2,3,4). The van der Waals surface area contributed by atoms with Gasteiger partial charge in [-0.2, -0.15) is 8.42 Å². The lowest BCUT2D eigenvalue weighted by Crippen LogP contribution is -1.89. The van der Waals surface area contributed by atoms with Crippen LogP contribution in [0.15, 0.2) is 0 Å². The van der Waals surface area contributed by atoms with Gasteiger partial charge in [0.05, 0.1) is 0 Å². The Labute approximate surface area is 53.9 Å². The van der Waals surface area contributed by atoms with Gasteiger partial charge in [-0.15, -0.1) is 0 Å². The average molecular weight is 158 g/mol. The second-order valence-corrected chi connectivity index (χ2v) is 2.44. The van der Waals surface area contributed by atoms with Gasteiger partial charge >= 0.3 is 10.4 Å². The number of aliphatic hydroxyl groups excluding tert-OH is 1. The summed E-state index contributed by atoms with van der Waals surface area (Å²) in [7, 11) is -4.67. The predicted molar refractivity (Wildman–Crippen MR) is 31.5 cm³/mol. The third-order valence-corrected chi connectivity index (χ3v) is 0. The van der Waals surface area contributed by atoms with Gasteiger partial charge in [-0.3, -0.25) is 9.11 Å². The zero-order chi connectivity index (χ0) is 8.08. The highest BCUT2D eigenvalue weighted by molar-refractivity contribution is 7.79. The first kappa shape index (κ1) is 11.6. The Morgan fingerprint density at radius 2 is 1.22 bits per heavy atom. The first-order valence-corrected chi connectivity index (χ1v) is 3.51. The maximum atomic E-state index is 8.74. The van der Waals surface area contributed by atoms with Crippen LogP contribution in [0.25, 0.3) is 0 Å². The largest absolute Gasteiger partial charge is 0.394 e. The van der Waals surface area contributed by atoms with E-state index in [1.54, 1.807) is 13.8 Å². The van der Waals surface area contributed by atoms with Crippen LogP contribution in [-0.4, -0.2) is 28.7 Å². The molecule has 0 rings (SSSR count). The summed E-state index contributed by atoms with van der Waals surface area (Å²) in [5.41, 5.74) is 0. The maximum Gasteiger partial charge on any atom is 0.394 e. The molecule has 58 valence electrons. The van der Waals surface area contributed by atoms with Gasteiger partial charge in [-0.25, -0.2) is 0 Å². The molecule has 0 radical (unpaired) electrons. The summed E-state index contributed by atoms with van der Waals surface area (Å²) in [5, 5.41) is 8.06. The molecule has 0 saturated heterocycles. The Hall–Kier alpha value is -0.170. The summed E-state index contributed by atoms with van der Waals surface area (Å²) < 4.78 is 31.6. The van der Waals surface area contributed by atoms with Crippen LogP contribution in [-0.2, 0) is 10.4 Å². The van der Waals surface area contributed by atoms with Crippen LogP contribution in [0.1, 0.15) is 13.8 Å². The lowest BCUT2D eigenvalue weighted by Gasteiger charge is -1.80. The fraction of sp³-hybridized carbons (Fsp3) is 1.00. The summed E-state index contributed by atoms with van der Waals surface area (Å²) in [5.74, 6) is 0. The van der Waals surface area contributed by atoms with Crippen LogP contribution < -0.4 is 0 Å². The SMILES string of the molecule is CC(C)O.O=S(=O)(O)O. The van der Waals surface area contributed by atoms with E-state index >= 15 is 0 Å². The van der Waals surface area contributed by atoms with Gasteiger partial charge in [0.2, 0.25) is 0 Å². The molecule has 0 bridgehead atoms. The van der Waals surface area contributed by atoms with Crippen molar-refractivity contribution in [3.63, 3.8) is 0 Å². The van der Waals surface area contributed by atoms with Crippen LogP contribution in [0.3, 0.4) is 0 Å². The van der Waals surface area contributed by atoms with E-state index in [1.807, 2.05) is 0 Å². The zero-order valence-corrected chi connectivity index (χ0v) is 5.96. The van der Waals surface area contributed by atoms with Crippen LogP contribution in [0.2, 0.25) is 0 Å². The molecule has 0 aliphatic rings. The fourth-order valence-electron chi connectivity index (χ4n) is 0. The molecule has 0 spiro atoms. The van der Waals surface area contributed by atoms with Crippen LogP contribution in [0, 0.1) is 0 Å². The van der Waals surface area contributed by atoms with E-state index in [1.165, 1.54) is 0 Å². The molecule has 0 saturated carbocycles. The number of rotatable bonds is 0. The highest BCUT2D eigenvalue weighted by atomic mass is 32.3. The molecule has 9 heavy (non-hydrogen) atoms. The fourth-order valence-corrected chi connectivity index (χ4v) is 0. The monoisotopic (exact) mass is 158 g/mol. The van der Waals surface area contributed by atoms with Crippen molar-refractivity contribution < 1.29 is 22.6 Å². The third kappa shape index (κ3) is 9210. The highest BCUT2D eigenvalue weighted by Gasteiger charge is 1.84. The number of aliphatic hydroxyl groups is 1. The Balaban J connectivity index is 0. The van der Waals surface area contributed by atoms with Crippen LogP contribution >= 0.6 is 0 Å². The van der Waals surface area contributed by atoms with Crippen molar-refractivity contribution >= 4 is 10.4 Å². The average Bonchev–Trinajstić information content (AvgIpc) is 1.19. The van der Waals surface area contributed by atoms with Crippen molar-refractivity contribution in [1.82, 2.24) is 0 Å². The quantitative estimate of drug-likeness (QED) is 0.422. The van der Waals surface area contributed by atoms with E-state index in [4.69, 9.17) is 22.6 Å². The lowest BCUT2D eigenvalue weighted by atomic mass is 10.5. The molecule has 0 aliphatic carbocycles. The van der Waals surface area contributed by atoms with E-state index in [9.17, 15) is 0 Å². The lowest BCUT2D eigenvalue weighted by molar-refractivity contribution is 0.216. The van der Waals surface area contributed by atoms with Gasteiger partial charge in [0.1, 0.15) is 0 Å². The normalized spacial score (nSPS) is 10.4. The van der Waals surface area contributed by atoms with Crippen LogP contribution in [0.4, 0.5) is 0 Å². The molecule has 3 N–H and O–H groups in total. The smallest absolute Gasteiger partial charge is 0.394 e. The highest BCUT2D eigenvalue weighted by Crippen LogP contribution is 1.65. The summed E-state index contributed by atoms with van der Waals surface area (Å²) >= 11 is 0. The van der Waals surface area contributed by atoms with Crippen molar-refractivity contribution in [2.75, 3.05) is 0 Å². The third-order valence-electron chi connectivity index (χ3n) is 0. The Morgan fingerprint density at radius 1 is 1.22 bits per heavy atom. The minimum Gasteiger partial charge on any atom is -0.394 e. The van der Waals surface area contributed by atoms with Crippen LogP contribution in [0.5, 0.6) is 0 Å². The Morgan fingerprint density at radius 3 is 1.22 bits per heavy atom. The molecule has 0 atom stereocenters. The summed E-state index contributed by atoms with van der Waals surface area (Å²) in [4.78, 5) is 0. The second kappa shape index (κ2) is 4.68. The summed E-state index contributed by atoms with van der Waals surface area (Å²) in [6.45, 7) is 3.44. The Kier molecular flexibility index (Phi) is 6.04. The molecule has 5 nitrogen and oxygen atoms in total. The molecule has 0 aliphatic heterocycles. The van der Waals surface area contributed by atoms with Gasteiger partial charge in [-0.05, 0) is 13.8 Å². The summed E-state index contributed by atoms with van der Waals surface area (Å²) in [6.07, 6.45) is -0.167. The van der Waals surface area contributed by atoms with E-state index in [0.29, 0.717) is 0 Å². The first-order chi connectivity index (χ1) is 3.73. The summed E-state index contributed by atoms with van der Waals surface area (Å²) in [6, 6.07) is 0. The van der Waals surface area contributed by atoms with E-state index < -0.39 is 10.4 Å². The molecular weight excluding hydrogens is 148 g/mol. The topological polar surface area (TPSA) is 94.8 Å². The Bertz CT molecular complexity index is 124. The van der Waals surface area contributed by atoms with Crippen molar-refractivity contribution in [2.24, 2.45) is 0 Å². The minimum absolute atomic E-state index is 0.167.